The second-order valence-electron chi connectivity index (χ2n) is 17.3. The van der Waals surface area contributed by atoms with Gasteiger partial charge in [0, 0.05) is 18.4 Å². The maximum absolute atomic E-state index is 12.7. The predicted molar refractivity (Wildman–Crippen MR) is 207 cm³/mol. The number of hydrogen-bond donors (Lipinski definition) is 2. The summed E-state index contributed by atoms with van der Waals surface area (Å²) < 4.78 is 34.4. The zero-order valence-electron chi connectivity index (χ0n) is 32.9. The number of allylic oxidation sites excluding steroid dienone is 7. The lowest BCUT2D eigenvalue weighted by Gasteiger charge is -2.49. The van der Waals surface area contributed by atoms with Gasteiger partial charge in [0.25, 0.3) is 0 Å². The van der Waals surface area contributed by atoms with Crippen LogP contribution in [0.1, 0.15) is 123 Å². The molecular weight excluding hydrogens is 668 g/mol. The van der Waals surface area contributed by atoms with Gasteiger partial charge in [-0.3, -0.25) is 4.79 Å². The number of hydrogen-bond acceptors (Lipinski definition) is 8. The molecule has 53 heavy (non-hydrogen) atoms. The fourth-order valence-electron chi connectivity index (χ4n) is 9.39. The van der Waals surface area contributed by atoms with Crippen molar-refractivity contribution < 1.29 is 38.7 Å². The van der Waals surface area contributed by atoms with Gasteiger partial charge >= 0.3 is 0 Å². The van der Waals surface area contributed by atoms with Crippen LogP contribution >= 0.6 is 0 Å². The molecule has 5 heterocycles. The average molecular weight is 733 g/mol. The first-order valence-electron chi connectivity index (χ1n) is 20.2. The zero-order chi connectivity index (χ0) is 38.0. The third-order valence-corrected chi connectivity index (χ3v) is 13.0. The first-order chi connectivity index (χ1) is 25.2. The molecule has 5 aliphatic rings. The zero-order valence-corrected chi connectivity index (χ0v) is 32.9. The molecule has 0 radical (unpaired) electrons. The summed E-state index contributed by atoms with van der Waals surface area (Å²) >= 11 is 0. The van der Waals surface area contributed by atoms with Gasteiger partial charge in [-0.25, -0.2) is 0 Å². The Labute approximate surface area is 317 Å². The van der Waals surface area contributed by atoms with Crippen molar-refractivity contribution in [3.8, 4) is 0 Å². The molecular formula is C45H64O8. The van der Waals surface area contributed by atoms with Gasteiger partial charge in [-0.05, 0) is 110 Å². The summed E-state index contributed by atoms with van der Waals surface area (Å²) in [5, 5.41) is 23.2. The molecule has 292 valence electrons. The van der Waals surface area contributed by atoms with Crippen LogP contribution in [0.25, 0.3) is 0 Å². The third kappa shape index (κ3) is 9.18. The number of rotatable bonds is 10. The number of carbonyl (C=O) groups is 1. The van der Waals surface area contributed by atoms with Crippen molar-refractivity contribution in [1.29, 1.82) is 0 Å². The van der Waals surface area contributed by atoms with E-state index in [9.17, 15) is 15.0 Å². The summed E-state index contributed by atoms with van der Waals surface area (Å²) in [4.78, 5) is 12.7. The normalized spacial score (nSPS) is 42.3. The highest BCUT2D eigenvalue weighted by molar-refractivity contribution is 6.05. The van der Waals surface area contributed by atoms with Gasteiger partial charge in [0.2, 0.25) is 0 Å². The molecule has 13 atom stereocenters. The smallest absolute Gasteiger partial charge is 0.186 e. The van der Waals surface area contributed by atoms with Gasteiger partial charge in [0.05, 0.1) is 65.6 Å². The van der Waals surface area contributed by atoms with Crippen LogP contribution < -0.4 is 0 Å². The van der Waals surface area contributed by atoms with E-state index in [1.165, 1.54) is 0 Å². The van der Waals surface area contributed by atoms with E-state index in [-0.39, 0.29) is 54.4 Å². The number of ketones is 1. The van der Waals surface area contributed by atoms with Crippen LogP contribution in [0, 0.1) is 5.92 Å². The molecule has 5 fully saturated rings. The second-order valence-corrected chi connectivity index (χ2v) is 17.3. The number of fused-ring (bicyclic) bond motifs is 4. The van der Waals surface area contributed by atoms with Crippen molar-refractivity contribution in [2.24, 2.45) is 5.92 Å². The Kier molecular flexibility index (Phi) is 12.7. The number of carbonyl (C=O) groups excluding carboxylic acids is 1. The van der Waals surface area contributed by atoms with E-state index in [4.69, 9.17) is 23.7 Å². The molecule has 0 aromatic heterocycles. The summed E-state index contributed by atoms with van der Waals surface area (Å²) in [6, 6.07) is 9.36. The molecule has 6 rings (SSSR count). The molecule has 0 amide bonds. The van der Waals surface area contributed by atoms with Crippen molar-refractivity contribution in [2.45, 2.75) is 184 Å². The lowest BCUT2D eigenvalue weighted by molar-refractivity contribution is -0.273. The summed E-state index contributed by atoms with van der Waals surface area (Å²) in [7, 11) is 0. The highest BCUT2D eigenvalue weighted by Crippen LogP contribution is 2.49. The van der Waals surface area contributed by atoms with Gasteiger partial charge in [0.15, 0.2) is 5.78 Å². The number of aliphatic hydroxyl groups is 2. The van der Waals surface area contributed by atoms with Crippen LogP contribution in [0.2, 0.25) is 0 Å². The number of ether oxygens (including phenoxy) is 5. The Morgan fingerprint density at radius 3 is 2.34 bits per heavy atom. The fraction of sp³-hybridized carbons (Fsp3) is 0.667. The van der Waals surface area contributed by atoms with Gasteiger partial charge in [-0.1, -0.05) is 73.7 Å². The highest BCUT2D eigenvalue weighted by Gasteiger charge is 2.58. The molecule has 0 saturated carbocycles. The van der Waals surface area contributed by atoms with E-state index in [0.29, 0.717) is 31.2 Å². The van der Waals surface area contributed by atoms with Gasteiger partial charge < -0.3 is 33.9 Å². The highest BCUT2D eigenvalue weighted by atomic mass is 16.6. The van der Waals surface area contributed by atoms with Crippen molar-refractivity contribution in [3.63, 3.8) is 0 Å². The molecule has 0 aliphatic carbocycles. The van der Waals surface area contributed by atoms with E-state index < -0.39 is 29.0 Å². The van der Waals surface area contributed by atoms with Gasteiger partial charge in [-0.2, -0.15) is 0 Å². The Hall–Kier alpha value is -2.43. The molecule has 8 nitrogen and oxygen atoms in total. The quantitative estimate of drug-likeness (QED) is 0.141. The van der Waals surface area contributed by atoms with Crippen LogP contribution in [0.4, 0.5) is 0 Å². The number of aliphatic hydroxyl groups excluding tert-OH is 1. The molecule has 0 bridgehead atoms. The number of benzene rings is 1. The molecule has 13 unspecified atom stereocenters. The van der Waals surface area contributed by atoms with Gasteiger partial charge in [-0.15, -0.1) is 0 Å². The monoisotopic (exact) mass is 732 g/mol. The maximum atomic E-state index is 12.7. The second kappa shape index (κ2) is 16.7. The SMILES string of the molecule is C=CC=CCCC1OC2CCC3(C)OC4C(O)CC5(C)OC(CCC=C(C)C(C)=CC(=O)c6ccccc6)C(C)CC5OC4CC3OC2CCC1(C)O. The van der Waals surface area contributed by atoms with Crippen LogP contribution in [0.15, 0.2) is 78.4 Å². The van der Waals surface area contributed by atoms with Crippen LogP contribution in [0.5, 0.6) is 0 Å². The molecule has 5 saturated heterocycles. The minimum atomic E-state index is -0.933. The Balaban J connectivity index is 1.09. The van der Waals surface area contributed by atoms with E-state index in [2.05, 4.69) is 46.4 Å². The summed E-state index contributed by atoms with van der Waals surface area (Å²) in [6.45, 7) is 16.1. The lowest BCUT2D eigenvalue weighted by Crippen LogP contribution is -2.59. The molecule has 8 heteroatoms. The minimum Gasteiger partial charge on any atom is -0.390 e. The Morgan fingerprint density at radius 1 is 0.887 bits per heavy atom. The van der Waals surface area contributed by atoms with E-state index in [0.717, 1.165) is 56.1 Å². The molecule has 5 aliphatic heterocycles. The van der Waals surface area contributed by atoms with Crippen molar-refractivity contribution in [2.75, 3.05) is 0 Å². The largest absolute Gasteiger partial charge is 0.390 e. The topological polar surface area (TPSA) is 104 Å². The predicted octanol–water partition coefficient (Wildman–Crippen LogP) is 8.16. The minimum absolute atomic E-state index is 0.0139. The third-order valence-electron chi connectivity index (χ3n) is 13.0. The Morgan fingerprint density at radius 2 is 1.58 bits per heavy atom. The fourth-order valence-corrected chi connectivity index (χ4v) is 9.39. The molecule has 1 aromatic rings. The first kappa shape index (κ1) is 40.2. The van der Waals surface area contributed by atoms with Crippen molar-refractivity contribution in [3.05, 3.63) is 84.0 Å². The lowest BCUT2D eigenvalue weighted by atomic mass is 9.79. The molecule has 1 aromatic carbocycles. The summed E-state index contributed by atoms with van der Waals surface area (Å²) in [5.41, 5.74) is 0.563. The van der Waals surface area contributed by atoms with Crippen LogP contribution in [0.3, 0.4) is 0 Å². The maximum Gasteiger partial charge on any atom is 0.186 e. The van der Waals surface area contributed by atoms with E-state index in [1.807, 2.05) is 50.3 Å². The molecule has 0 spiro atoms. The van der Waals surface area contributed by atoms with E-state index >= 15 is 0 Å². The van der Waals surface area contributed by atoms with Crippen LogP contribution in [-0.4, -0.2) is 87.7 Å². The van der Waals surface area contributed by atoms with Crippen molar-refractivity contribution in [1.82, 2.24) is 0 Å². The average Bonchev–Trinajstić information content (AvgIpc) is 3.38. The summed E-state index contributed by atoms with van der Waals surface area (Å²) in [6.07, 6.45) is 15.1. The van der Waals surface area contributed by atoms with Crippen molar-refractivity contribution >= 4 is 5.78 Å². The van der Waals surface area contributed by atoms with Crippen LogP contribution in [-0.2, 0) is 23.7 Å². The van der Waals surface area contributed by atoms with E-state index in [1.54, 1.807) is 12.2 Å². The standard InChI is InChI=1S/C45H64O8/c1-8-9-10-14-20-39-43(5,48)23-21-36-37(49-39)22-24-44(6)41(50-36)27-38-42(53-44)34(47)28-45(7)40(51-38)26-31(4)35(52-45)19-15-16-29(2)30(3)25-33(46)32-17-12-11-13-18-32/h8-13,16-18,25,31,34-42,47-48H,1,14-15,19-24,26-28H2,2-7H3. The molecule has 2 N–H and O–H groups in total. The van der Waals surface area contributed by atoms with Gasteiger partial charge in [0.1, 0.15) is 6.10 Å². The first-order valence-corrected chi connectivity index (χ1v) is 20.2. The summed E-state index contributed by atoms with van der Waals surface area (Å²) in [5.74, 6) is 0.285. The Bertz CT molecular complexity index is 1520.